The Balaban J connectivity index is 3.15. The number of hydrazone groups is 2. The van der Waals surface area contributed by atoms with Crippen LogP contribution in [0.25, 0.3) is 0 Å². The summed E-state index contributed by atoms with van der Waals surface area (Å²) in [7, 11) is 0. The van der Waals surface area contributed by atoms with Crippen LogP contribution < -0.4 is 5.12 Å². The molecule has 0 atom stereocenters. The molecule has 1 rings (SSSR count). The van der Waals surface area contributed by atoms with Gasteiger partial charge in [0.1, 0.15) is 0 Å². The van der Waals surface area contributed by atoms with Gasteiger partial charge in [0.2, 0.25) is 0 Å². The number of benzene rings is 1. The van der Waals surface area contributed by atoms with Gasteiger partial charge in [-0.25, -0.2) is 0 Å². The highest BCUT2D eigenvalue weighted by molar-refractivity contribution is 5.99. The molecule has 5 heteroatoms. The maximum atomic E-state index is 12.5. The molecule has 1 amide bonds. The molecule has 0 radical (unpaired) electrons. The first-order valence-corrected chi connectivity index (χ1v) is 6.31. The molecule has 19 heavy (non-hydrogen) atoms. The molecule has 0 aromatic heterocycles. The fourth-order valence-corrected chi connectivity index (χ4v) is 1.87. The van der Waals surface area contributed by atoms with Gasteiger partial charge in [0, 0.05) is 26.5 Å². The molecule has 0 fully saturated rings. The summed E-state index contributed by atoms with van der Waals surface area (Å²) >= 11 is 0. The number of rotatable bonds is 7. The van der Waals surface area contributed by atoms with E-state index in [0.717, 1.165) is 13.0 Å². The van der Waals surface area contributed by atoms with Crippen LogP contribution in [0.4, 0.5) is 5.69 Å². The third kappa shape index (κ3) is 3.40. The zero-order valence-corrected chi connectivity index (χ0v) is 11.5. The lowest BCUT2D eigenvalue weighted by molar-refractivity contribution is 0.0765. The molecule has 0 spiro atoms. The van der Waals surface area contributed by atoms with Crippen molar-refractivity contribution in [2.75, 3.05) is 18.2 Å². The summed E-state index contributed by atoms with van der Waals surface area (Å²) in [4.78, 5) is 14.3. The summed E-state index contributed by atoms with van der Waals surface area (Å²) in [6.45, 7) is 12.3. The van der Waals surface area contributed by atoms with E-state index in [0.29, 0.717) is 17.8 Å². The molecule has 5 nitrogen and oxygen atoms in total. The van der Waals surface area contributed by atoms with Crippen molar-refractivity contribution in [2.24, 2.45) is 10.2 Å². The van der Waals surface area contributed by atoms with Gasteiger partial charge in [-0.05, 0) is 25.5 Å². The van der Waals surface area contributed by atoms with Crippen molar-refractivity contribution in [3.05, 3.63) is 29.8 Å². The number of carbonyl (C=O) groups is 1. The fraction of sp³-hybridized carbons (Fsp3) is 0.357. The normalized spacial score (nSPS) is 9.79. The number of carbonyl (C=O) groups excluding carboxylic acids is 1. The lowest BCUT2D eigenvalue weighted by atomic mass is 10.1. The maximum absolute atomic E-state index is 12.5. The highest BCUT2D eigenvalue weighted by atomic mass is 16.2. The first kappa shape index (κ1) is 14.9. The maximum Gasteiger partial charge on any atom is 0.256 e. The molecule has 0 N–H and O–H groups in total. The molecule has 0 aliphatic rings. The van der Waals surface area contributed by atoms with Crippen LogP contribution >= 0.6 is 0 Å². The average Bonchev–Trinajstić information content (AvgIpc) is 2.46. The summed E-state index contributed by atoms with van der Waals surface area (Å²) < 4.78 is 0. The standard InChI is InChI=1S/C14H20N4O/c1-5-11-17(6-2)14(19)12-9-7-8-10-13(12)18(15-3)16-4/h7-10H,3-6,11H2,1-2H3. The summed E-state index contributed by atoms with van der Waals surface area (Å²) in [6, 6.07) is 7.18. The van der Waals surface area contributed by atoms with E-state index in [9.17, 15) is 4.79 Å². The van der Waals surface area contributed by atoms with Crippen molar-refractivity contribution < 1.29 is 4.79 Å². The van der Waals surface area contributed by atoms with E-state index in [1.54, 1.807) is 17.0 Å². The lowest BCUT2D eigenvalue weighted by Gasteiger charge is -2.23. The molecule has 0 aliphatic carbocycles. The summed E-state index contributed by atoms with van der Waals surface area (Å²) in [5.41, 5.74) is 1.14. The van der Waals surface area contributed by atoms with Crippen molar-refractivity contribution in [3.63, 3.8) is 0 Å². The van der Waals surface area contributed by atoms with E-state index in [1.807, 2.05) is 26.0 Å². The van der Waals surface area contributed by atoms with Gasteiger partial charge in [-0.2, -0.15) is 15.3 Å². The Hall–Kier alpha value is -2.17. The van der Waals surface area contributed by atoms with Crippen molar-refractivity contribution in [3.8, 4) is 0 Å². The van der Waals surface area contributed by atoms with Crippen LogP contribution in [0.5, 0.6) is 0 Å². The van der Waals surface area contributed by atoms with Gasteiger partial charge < -0.3 is 4.90 Å². The van der Waals surface area contributed by atoms with Crippen LogP contribution in [0.2, 0.25) is 0 Å². The van der Waals surface area contributed by atoms with E-state index >= 15 is 0 Å². The Morgan fingerprint density at radius 3 is 2.37 bits per heavy atom. The molecule has 0 bridgehead atoms. The van der Waals surface area contributed by atoms with Gasteiger partial charge in [-0.3, -0.25) is 4.79 Å². The minimum atomic E-state index is -0.0303. The Morgan fingerprint density at radius 2 is 1.84 bits per heavy atom. The zero-order valence-electron chi connectivity index (χ0n) is 11.5. The van der Waals surface area contributed by atoms with Crippen LogP contribution in [0.1, 0.15) is 30.6 Å². The van der Waals surface area contributed by atoms with E-state index < -0.39 is 0 Å². The van der Waals surface area contributed by atoms with Crippen molar-refractivity contribution in [2.45, 2.75) is 20.3 Å². The quantitative estimate of drug-likeness (QED) is 0.559. The second-order valence-corrected chi connectivity index (χ2v) is 3.97. The molecule has 0 unspecified atom stereocenters. The van der Waals surface area contributed by atoms with Crippen molar-refractivity contribution >= 4 is 25.0 Å². The fourth-order valence-electron chi connectivity index (χ4n) is 1.87. The topological polar surface area (TPSA) is 48.3 Å². The molecule has 1 aromatic carbocycles. The second-order valence-electron chi connectivity index (χ2n) is 3.97. The van der Waals surface area contributed by atoms with E-state index in [1.165, 1.54) is 5.12 Å². The third-order valence-corrected chi connectivity index (χ3v) is 2.78. The molecule has 0 saturated carbocycles. The molecule has 102 valence electrons. The van der Waals surface area contributed by atoms with Gasteiger partial charge in [0.25, 0.3) is 5.91 Å². The molecule has 0 saturated heterocycles. The SMILES string of the molecule is C=NN(N=C)c1ccccc1C(=O)N(CC)CCC. The van der Waals surface area contributed by atoms with Crippen LogP contribution in [-0.4, -0.2) is 37.3 Å². The van der Waals surface area contributed by atoms with Crippen LogP contribution in [-0.2, 0) is 0 Å². The molecular weight excluding hydrogens is 240 g/mol. The number of hydrogen-bond donors (Lipinski definition) is 0. The zero-order chi connectivity index (χ0) is 14.3. The predicted octanol–water partition coefficient (Wildman–Crippen LogP) is 2.60. The Labute approximate surface area is 114 Å². The minimum absolute atomic E-state index is 0.0303. The van der Waals surface area contributed by atoms with E-state index in [2.05, 4.69) is 23.6 Å². The number of nitrogens with zero attached hydrogens (tertiary/aromatic N) is 4. The van der Waals surface area contributed by atoms with E-state index in [-0.39, 0.29) is 5.91 Å². The van der Waals surface area contributed by atoms with Crippen molar-refractivity contribution in [1.29, 1.82) is 0 Å². The Morgan fingerprint density at radius 1 is 1.21 bits per heavy atom. The molecule has 0 heterocycles. The van der Waals surface area contributed by atoms with Crippen LogP contribution in [0.3, 0.4) is 0 Å². The number of hydrogen-bond acceptors (Lipinski definition) is 4. The van der Waals surface area contributed by atoms with Gasteiger partial charge >= 0.3 is 0 Å². The average molecular weight is 260 g/mol. The van der Waals surface area contributed by atoms with Crippen molar-refractivity contribution in [1.82, 2.24) is 4.90 Å². The summed E-state index contributed by atoms with van der Waals surface area (Å²) in [5, 5.41) is 8.73. The number of para-hydroxylation sites is 1. The highest BCUT2D eigenvalue weighted by Crippen LogP contribution is 2.22. The molecule has 1 aromatic rings. The predicted molar refractivity (Wildman–Crippen MR) is 79.9 cm³/mol. The molecule has 0 aliphatic heterocycles. The van der Waals surface area contributed by atoms with Crippen LogP contribution in [0, 0.1) is 0 Å². The monoisotopic (exact) mass is 260 g/mol. The minimum Gasteiger partial charge on any atom is -0.339 e. The largest absolute Gasteiger partial charge is 0.339 e. The second kappa shape index (κ2) is 7.31. The molecular formula is C14H20N4O. The Bertz CT molecular complexity index is 451. The number of amides is 1. The highest BCUT2D eigenvalue weighted by Gasteiger charge is 2.19. The summed E-state index contributed by atoms with van der Waals surface area (Å²) in [5.74, 6) is -0.0303. The Kier molecular flexibility index (Phi) is 5.73. The van der Waals surface area contributed by atoms with Gasteiger partial charge in [-0.1, -0.05) is 19.1 Å². The van der Waals surface area contributed by atoms with Crippen LogP contribution in [0.15, 0.2) is 34.5 Å². The lowest BCUT2D eigenvalue weighted by Crippen LogP contribution is -2.32. The van der Waals surface area contributed by atoms with Gasteiger partial charge in [-0.15, -0.1) is 0 Å². The van der Waals surface area contributed by atoms with E-state index in [4.69, 9.17) is 0 Å². The first-order chi connectivity index (χ1) is 9.19. The van der Waals surface area contributed by atoms with Gasteiger partial charge in [0.05, 0.1) is 11.3 Å². The first-order valence-electron chi connectivity index (χ1n) is 6.31. The third-order valence-electron chi connectivity index (χ3n) is 2.78. The summed E-state index contributed by atoms with van der Waals surface area (Å²) in [6.07, 6.45) is 0.922. The smallest absolute Gasteiger partial charge is 0.256 e. The number of anilines is 1. The van der Waals surface area contributed by atoms with Gasteiger partial charge in [0.15, 0.2) is 0 Å².